The van der Waals surface area contributed by atoms with Crippen LogP contribution in [0.2, 0.25) is 0 Å². The minimum absolute atomic E-state index is 0.00497. The Morgan fingerprint density at radius 2 is 1.43 bits per heavy atom. The van der Waals surface area contributed by atoms with Crippen LogP contribution < -0.4 is 5.32 Å². The van der Waals surface area contributed by atoms with Crippen LogP contribution in [0.3, 0.4) is 0 Å². The number of hydrogen-bond acceptors (Lipinski definition) is 3. The summed E-state index contributed by atoms with van der Waals surface area (Å²) in [6.45, 7) is 1.49. The van der Waals surface area contributed by atoms with Crippen LogP contribution >= 0.6 is 0 Å². The lowest BCUT2D eigenvalue weighted by molar-refractivity contribution is -0.132. The molecule has 0 saturated heterocycles. The van der Waals surface area contributed by atoms with E-state index in [1.54, 1.807) is 0 Å². The predicted molar refractivity (Wildman–Crippen MR) is 89.0 cm³/mol. The lowest BCUT2D eigenvalue weighted by Gasteiger charge is -2.34. The van der Waals surface area contributed by atoms with Crippen molar-refractivity contribution in [3.05, 3.63) is 0 Å². The summed E-state index contributed by atoms with van der Waals surface area (Å²) in [7, 11) is 0. The third-order valence-corrected chi connectivity index (χ3v) is 5.05. The van der Waals surface area contributed by atoms with E-state index in [9.17, 15) is 14.4 Å². The molecule has 0 radical (unpaired) electrons. The van der Waals surface area contributed by atoms with E-state index >= 15 is 0 Å². The van der Waals surface area contributed by atoms with Crippen LogP contribution in [-0.2, 0) is 9.59 Å². The van der Waals surface area contributed by atoms with Gasteiger partial charge in [-0.1, -0.05) is 38.5 Å². The zero-order valence-electron chi connectivity index (χ0n) is 14.3. The Bertz CT molecular complexity index is 424. The van der Waals surface area contributed by atoms with Gasteiger partial charge in [0, 0.05) is 24.9 Å². The van der Waals surface area contributed by atoms with Gasteiger partial charge >= 0.3 is 6.03 Å². The zero-order valence-corrected chi connectivity index (χ0v) is 14.3. The molecule has 0 aromatic heterocycles. The molecule has 0 aliphatic heterocycles. The molecule has 130 valence electrons. The first-order chi connectivity index (χ1) is 11.1. The van der Waals surface area contributed by atoms with Crippen molar-refractivity contribution in [2.45, 2.75) is 96.1 Å². The van der Waals surface area contributed by atoms with Crippen molar-refractivity contribution in [3.8, 4) is 0 Å². The van der Waals surface area contributed by atoms with E-state index in [4.69, 9.17) is 0 Å². The number of amides is 3. The maximum absolute atomic E-state index is 12.7. The molecule has 0 aromatic rings. The maximum Gasteiger partial charge on any atom is 0.324 e. The van der Waals surface area contributed by atoms with Gasteiger partial charge in [-0.05, 0) is 32.6 Å². The molecule has 2 aliphatic carbocycles. The van der Waals surface area contributed by atoms with Crippen molar-refractivity contribution in [2.24, 2.45) is 0 Å². The predicted octanol–water partition coefficient (Wildman–Crippen LogP) is 3.56. The fraction of sp³-hybridized carbons (Fsp3) is 0.833. The number of imide groups is 1. The van der Waals surface area contributed by atoms with Crippen LogP contribution in [0.15, 0.2) is 0 Å². The standard InChI is InChI=1S/C18H30N2O3/c1-14(21)12-13-17(22)20(16-10-6-3-7-11-16)18(23)19-15-8-4-2-5-9-15/h15-16H,2-13H2,1H3,(H,19,23). The highest BCUT2D eigenvalue weighted by molar-refractivity contribution is 5.96. The Kier molecular flexibility index (Phi) is 7.06. The fourth-order valence-electron chi connectivity index (χ4n) is 3.72. The van der Waals surface area contributed by atoms with Gasteiger partial charge in [0.25, 0.3) is 0 Å². The van der Waals surface area contributed by atoms with E-state index in [0.29, 0.717) is 0 Å². The molecule has 2 aliphatic rings. The van der Waals surface area contributed by atoms with Crippen molar-refractivity contribution in [1.82, 2.24) is 10.2 Å². The number of hydrogen-bond donors (Lipinski definition) is 1. The van der Waals surface area contributed by atoms with Gasteiger partial charge in [0.05, 0.1) is 0 Å². The van der Waals surface area contributed by atoms with E-state index < -0.39 is 0 Å². The van der Waals surface area contributed by atoms with E-state index in [1.807, 2.05) is 0 Å². The Hall–Kier alpha value is -1.39. The van der Waals surface area contributed by atoms with Gasteiger partial charge in [0.1, 0.15) is 5.78 Å². The zero-order chi connectivity index (χ0) is 16.7. The lowest BCUT2D eigenvalue weighted by atomic mass is 9.93. The summed E-state index contributed by atoms with van der Waals surface area (Å²) in [6, 6.07) is -0.0351. The summed E-state index contributed by atoms with van der Waals surface area (Å²) in [6.07, 6.45) is 11.0. The van der Waals surface area contributed by atoms with Gasteiger partial charge in [-0.25, -0.2) is 4.79 Å². The summed E-state index contributed by atoms with van der Waals surface area (Å²) in [5.74, 6) is -0.199. The number of Topliss-reactive ketones (excluding diaryl/α,β-unsaturated/α-hetero) is 1. The number of urea groups is 1. The molecule has 5 nitrogen and oxygen atoms in total. The van der Waals surface area contributed by atoms with Gasteiger partial charge in [0.2, 0.25) is 5.91 Å². The van der Waals surface area contributed by atoms with Crippen molar-refractivity contribution in [2.75, 3.05) is 0 Å². The van der Waals surface area contributed by atoms with E-state index in [-0.39, 0.29) is 42.6 Å². The van der Waals surface area contributed by atoms with E-state index in [0.717, 1.165) is 51.4 Å². The highest BCUT2D eigenvalue weighted by Gasteiger charge is 2.31. The average molecular weight is 322 g/mol. The molecule has 0 spiro atoms. The van der Waals surface area contributed by atoms with Crippen LogP contribution in [0, 0.1) is 0 Å². The SMILES string of the molecule is CC(=O)CCC(=O)N(C(=O)NC1CCCCC1)C1CCCCC1. The number of ketones is 1. The highest BCUT2D eigenvalue weighted by Crippen LogP contribution is 2.24. The summed E-state index contributed by atoms with van der Waals surface area (Å²) in [4.78, 5) is 37.9. The molecular formula is C18H30N2O3. The van der Waals surface area contributed by atoms with Gasteiger partial charge in [-0.15, -0.1) is 0 Å². The van der Waals surface area contributed by atoms with Gasteiger partial charge < -0.3 is 10.1 Å². The maximum atomic E-state index is 12.7. The first-order valence-electron chi connectivity index (χ1n) is 9.20. The van der Waals surface area contributed by atoms with Crippen molar-refractivity contribution in [3.63, 3.8) is 0 Å². The monoisotopic (exact) mass is 322 g/mol. The third kappa shape index (κ3) is 5.63. The second-order valence-electron chi connectivity index (χ2n) is 7.04. The molecule has 0 unspecified atom stereocenters. The Balaban J connectivity index is 1.99. The van der Waals surface area contributed by atoms with Crippen molar-refractivity contribution >= 4 is 17.7 Å². The van der Waals surface area contributed by atoms with Gasteiger partial charge in [-0.2, -0.15) is 0 Å². The largest absolute Gasteiger partial charge is 0.335 e. The quantitative estimate of drug-likeness (QED) is 0.841. The van der Waals surface area contributed by atoms with Crippen LogP contribution in [0.5, 0.6) is 0 Å². The highest BCUT2D eigenvalue weighted by atomic mass is 16.2. The van der Waals surface area contributed by atoms with Crippen LogP contribution in [0.4, 0.5) is 4.79 Å². The molecule has 0 bridgehead atoms. The second kappa shape index (κ2) is 9.04. The summed E-state index contributed by atoms with van der Waals surface area (Å²) >= 11 is 0. The Labute approximate surface area is 139 Å². The van der Waals surface area contributed by atoms with Crippen LogP contribution in [0.1, 0.15) is 84.0 Å². The molecule has 3 amide bonds. The number of rotatable bonds is 5. The molecule has 0 atom stereocenters. The summed E-state index contributed by atoms with van der Waals surface area (Å²) < 4.78 is 0. The summed E-state index contributed by atoms with van der Waals surface area (Å²) in [5, 5.41) is 3.07. The van der Waals surface area contributed by atoms with Crippen molar-refractivity contribution in [1.29, 1.82) is 0 Å². The fourth-order valence-corrected chi connectivity index (χ4v) is 3.72. The molecular weight excluding hydrogens is 292 g/mol. The van der Waals surface area contributed by atoms with E-state index in [2.05, 4.69) is 5.32 Å². The smallest absolute Gasteiger partial charge is 0.324 e. The molecule has 5 heteroatoms. The molecule has 23 heavy (non-hydrogen) atoms. The number of carbonyl (C=O) groups excluding carboxylic acids is 3. The number of nitrogens with zero attached hydrogens (tertiary/aromatic N) is 1. The third-order valence-electron chi connectivity index (χ3n) is 5.05. The van der Waals surface area contributed by atoms with Crippen LogP contribution in [-0.4, -0.2) is 34.7 Å². The van der Waals surface area contributed by atoms with Gasteiger partial charge in [0.15, 0.2) is 0 Å². The number of carbonyl (C=O) groups is 3. The minimum atomic E-state index is -0.239. The Morgan fingerprint density at radius 1 is 0.870 bits per heavy atom. The average Bonchev–Trinajstić information content (AvgIpc) is 2.55. The molecule has 0 aromatic carbocycles. The normalized spacial score (nSPS) is 20.0. The molecule has 2 saturated carbocycles. The molecule has 2 fully saturated rings. The topological polar surface area (TPSA) is 66.5 Å². The lowest BCUT2D eigenvalue weighted by Crippen LogP contribution is -2.52. The Morgan fingerprint density at radius 3 is 2.00 bits per heavy atom. The van der Waals surface area contributed by atoms with E-state index in [1.165, 1.54) is 24.7 Å². The number of nitrogens with one attached hydrogen (secondary N) is 1. The summed E-state index contributed by atoms with van der Waals surface area (Å²) in [5.41, 5.74) is 0. The molecule has 2 rings (SSSR count). The minimum Gasteiger partial charge on any atom is -0.335 e. The molecule has 0 heterocycles. The molecule has 1 N–H and O–H groups in total. The van der Waals surface area contributed by atoms with Crippen LogP contribution in [0.25, 0.3) is 0 Å². The first kappa shape index (κ1) is 18.0. The first-order valence-corrected chi connectivity index (χ1v) is 9.20. The van der Waals surface area contributed by atoms with Crippen molar-refractivity contribution < 1.29 is 14.4 Å². The van der Waals surface area contributed by atoms with Gasteiger partial charge in [-0.3, -0.25) is 9.69 Å². The second-order valence-corrected chi connectivity index (χ2v) is 7.04.